The molecule has 2 rings (SSSR count). The number of aromatic nitrogens is 1. The summed E-state index contributed by atoms with van der Waals surface area (Å²) in [6.45, 7) is 3.10. The highest BCUT2D eigenvalue weighted by molar-refractivity contribution is 7.23. The minimum Gasteiger partial charge on any atom is -0.350 e. The summed E-state index contributed by atoms with van der Waals surface area (Å²) < 4.78 is 0.716. The van der Waals surface area contributed by atoms with Gasteiger partial charge in [-0.1, -0.05) is 18.5 Å². The first-order valence-corrected chi connectivity index (χ1v) is 7.87. The second-order valence-corrected chi connectivity index (χ2v) is 6.77. The normalized spacial score (nSPS) is 11.2. The summed E-state index contributed by atoms with van der Waals surface area (Å²) in [7, 11) is 0. The lowest BCUT2D eigenvalue weighted by molar-refractivity contribution is 0.0944. The molecule has 1 amide bonds. The second kappa shape index (κ2) is 9.61. The van der Waals surface area contributed by atoms with Crippen molar-refractivity contribution in [2.45, 2.75) is 6.92 Å². The number of amides is 1. The Labute approximate surface area is 148 Å². The summed E-state index contributed by atoms with van der Waals surface area (Å²) >= 11 is 8.78. The van der Waals surface area contributed by atoms with Crippen molar-refractivity contribution < 1.29 is 4.79 Å². The van der Waals surface area contributed by atoms with Gasteiger partial charge in [0.05, 0.1) is 9.21 Å². The third kappa shape index (κ3) is 5.73. The molecule has 1 unspecified atom stereocenters. The number of nitrogens with two attached hydrogens (primary N) is 1. The van der Waals surface area contributed by atoms with E-state index in [1.807, 2.05) is 19.1 Å². The Bertz CT molecular complexity index is 574. The van der Waals surface area contributed by atoms with Crippen LogP contribution in [0.1, 0.15) is 17.4 Å². The Morgan fingerprint density at radius 2 is 2.19 bits per heavy atom. The zero-order chi connectivity index (χ0) is 13.8. The van der Waals surface area contributed by atoms with E-state index in [-0.39, 0.29) is 36.6 Å². The molecule has 3 N–H and O–H groups in total. The summed E-state index contributed by atoms with van der Waals surface area (Å²) in [6.07, 6.45) is 0. The minimum absolute atomic E-state index is 0. The van der Waals surface area contributed by atoms with E-state index >= 15 is 0 Å². The predicted molar refractivity (Wildman–Crippen MR) is 95.5 cm³/mol. The summed E-state index contributed by atoms with van der Waals surface area (Å²) in [5.74, 6) is 0.101. The fraction of sp³-hybridized carbons (Fsp3) is 0.333. The van der Waals surface area contributed by atoms with Crippen LogP contribution in [-0.4, -0.2) is 24.0 Å². The van der Waals surface area contributed by atoms with Crippen LogP contribution < -0.4 is 11.1 Å². The molecule has 4 nitrogen and oxygen atoms in total. The van der Waals surface area contributed by atoms with Gasteiger partial charge in [-0.15, -0.1) is 47.5 Å². The van der Waals surface area contributed by atoms with Crippen LogP contribution in [0.25, 0.3) is 9.88 Å². The van der Waals surface area contributed by atoms with Gasteiger partial charge in [-0.3, -0.25) is 4.79 Å². The van der Waals surface area contributed by atoms with Crippen molar-refractivity contribution in [3.63, 3.8) is 0 Å². The standard InChI is InChI=1S/C12H14ClN3OS2.2ClH/c1-7(4-14)5-15-11(17)8-6-18-12(16-8)9-2-3-10(13)19-9;;/h2-3,6-7H,4-5,14H2,1H3,(H,15,17);2*1H. The lowest BCUT2D eigenvalue weighted by atomic mass is 10.2. The third-order valence-corrected chi connectivity index (χ3v) is 4.78. The van der Waals surface area contributed by atoms with Crippen LogP contribution in [0.2, 0.25) is 4.34 Å². The van der Waals surface area contributed by atoms with E-state index in [2.05, 4.69) is 10.3 Å². The molecule has 0 aliphatic rings. The van der Waals surface area contributed by atoms with Crippen molar-refractivity contribution in [2.75, 3.05) is 13.1 Å². The molecule has 0 aromatic carbocycles. The van der Waals surface area contributed by atoms with E-state index in [0.717, 1.165) is 9.88 Å². The average molecular weight is 389 g/mol. The number of thiophene rings is 1. The Morgan fingerprint density at radius 3 is 2.76 bits per heavy atom. The van der Waals surface area contributed by atoms with Crippen molar-refractivity contribution in [1.29, 1.82) is 0 Å². The minimum atomic E-state index is -0.162. The summed E-state index contributed by atoms with van der Waals surface area (Å²) in [5, 5.41) is 5.39. The number of hydrogen-bond donors (Lipinski definition) is 2. The smallest absolute Gasteiger partial charge is 0.270 e. The quantitative estimate of drug-likeness (QED) is 0.820. The zero-order valence-corrected chi connectivity index (χ0v) is 15.2. The molecule has 0 aliphatic heterocycles. The molecule has 9 heteroatoms. The number of thiazole rings is 1. The number of carbonyl (C=O) groups excluding carboxylic acids is 1. The molecule has 0 spiro atoms. The Balaban J connectivity index is 0.00000200. The van der Waals surface area contributed by atoms with Crippen LogP contribution in [-0.2, 0) is 0 Å². The van der Waals surface area contributed by atoms with E-state index in [0.29, 0.717) is 23.1 Å². The molecule has 0 bridgehead atoms. The topological polar surface area (TPSA) is 68.0 Å². The van der Waals surface area contributed by atoms with Gasteiger partial charge in [0.1, 0.15) is 10.7 Å². The van der Waals surface area contributed by atoms with Gasteiger partial charge in [0.15, 0.2) is 0 Å². The van der Waals surface area contributed by atoms with Gasteiger partial charge in [-0.2, -0.15) is 0 Å². The van der Waals surface area contributed by atoms with Crippen LogP contribution in [0, 0.1) is 5.92 Å². The molecule has 2 heterocycles. The molecule has 0 aliphatic carbocycles. The van der Waals surface area contributed by atoms with Gasteiger partial charge in [0.25, 0.3) is 5.91 Å². The number of hydrogen-bond acceptors (Lipinski definition) is 5. The molecule has 0 radical (unpaired) electrons. The van der Waals surface area contributed by atoms with Crippen molar-refractivity contribution >= 4 is 65.0 Å². The molecule has 2 aromatic rings. The van der Waals surface area contributed by atoms with Gasteiger partial charge in [0.2, 0.25) is 0 Å². The highest BCUT2D eigenvalue weighted by Gasteiger charge is 2.13. The van der Waals surface area contributed by atoms with Crippen LogP contribution in [0.3, 0.4) is 0 Å². The van der Waals surface area contributed by atoms with Gasteiger partial charge in [-0.05, 0) is 24.6 Å². The van der Waals surface area contributed by atoms with Crippen molar-refractivity contribution in [3.8, 4) is 9.88 Å². The third-order valence-electron chi connectivity index (χ3n) is 2.53. The van der Waals surface area contributed by atoms with Crippen molar-refractivity contribution in [3.05, 3.63) is 27.5 Å². The first-order chi connectivity index (χ1) is 9.10. The average Bonchev–Trinajstić information content (AvgIpc) is 3.03. The summed E-state index contributed by atoms with van der Waals surface area (Å²) in [5.41, 5.74) is 5.94. The fourth-order valence-corrected chi connectivity index (χ4v) is 3.28. The van der Waals surface area contributed by atoms with Crippen LogP contribution in [0.4, 0.5) is 0 Å². The van der Waals surface area contributed by atoms with E-state index in [1.54, 1.807) is 5.38 Å². The Kier molecular flexibility index (Phi) is 9.44. The molecule has 118 valence electrons. The first kappa shape index (κ1) is 20.6. The Hall–Kier alpha value is -0.370. The Morgan fingerprint density at radius 1 is 1.48 bits per heavy atom. The highest BCUT2D eigenvalue weighted by atomic mass is 35.5. The number of carbonyl (C=O) groups is 1. The summed E-state index contributed by atoms with van der Waals surface area (Å²) in [6, 6.07) is 3.73. The van der Waals surface area contributed by atoms with Crippen LogP contribution in [0.15, 0.2) is 17.5 Å². The van der Waals surface area contributed by atoms with E-state index in [1.165, 1.54) is 22.7 Å². The molecule has 21 heavy (non-hydrogen) atoms. The molecule has 0 saturated heterocycles. The zero-order valence-electron chi connectivity index (χ0n) is 11.2. The number of halogens is 3. The second-order valence-electron chi connectivity index (χ2n) is 4.19. The molecular formula is C12H16Cl3N3OS2. The van der Waals surface area contributed by atoms with Gasteiger partial charge < -0.3 is 11.1 Å². The van der Waals surface area contributed by atoms with Gasteiger partial charge in [0, 0.05) is 11.9 Å². The van der Waals surface area contributed by atoms with Crippen LogP contribution >= 0.6 is 59.1 Å². The van der Waals surface area contributed by atoms with Gasteiger partial charge >= 0.3 is 0 Å². The van der Waals surface area contributed by atoms with Crippen molar-refractivity contribution in [2.24, 2.45) is 11.7 Å². The fourth-order valence-electron chi connectivity index (χ4n) is 1.36. The maximum Gasteiger partial charge on any atom is 0.270 e. The number of nitrogens with zero attached hydrogens (tertiary/aromatic N) is 1. The van der Waals surface area contributed by atoms with E-state index < -0.39 is 0 Å². The maximum atomic E-state index is 11.9. The molecule has 0 saturated carbocycles. The molecule has 0 fully saturated rings. The first-order valence-electron chi connectivity index (χ1n) is 5.79. The monoisotopic (exact) mass is 387 g/mol. The predicted octanol–water partition coefficient (Wildman–Crippen LogP) is 3.69. The highest BCUT2D eigenvalue weighted by Crippen LogP contribution is 2.32. The molecule has 1 atom stereocenters. The molecular weight excluding hydrogens is 373 g/mol. The van der Waals surface area contributed by atoms with Crippen molar-refractivity contribution in [1.82, 2.24) is 10.3 Å². The van der Waals surface area contributed by atoms with E-state index in [9.17, 15) is 4.79 Å². The summed E-state index contributed by atoms with van der Waals surface area (Å²) in [4.78, 5) is 17.2. The van der Waals surface area contributed by atoms with Crippen LogP contribution in [0.5, 0.6) is 0 Å². The number of rotatable bonds is 5. The lowest BCUT2D eigenvalue weighted by Crippen LogP contribution is -2.31. The lowest BCUT2D eigenvalue weighted by Gasteiger charge is -2.08. The SMILES string of the molecule is CC(CN)CNC(=O)c1csc(-c2ccc(Cl)s2)n1.Cl.Cl. The molecule has 2 aromatic heterocycles. The van der Waals surface area contributed by atoms with E-state index in [4.69, 9.17) is 17.3 Å². The number of nitrogens with one attached hydrogen (secondary N) is 1. The van der Waals surface area contributed by atoms with Gasteiger partial charge in [-0.25, -0.2) is 4.98 Å². The maximum absolute atomic E-state index is 11.9. The largest absolute Gasteiger partial charge is 0.350 e.